The molecule has 0 aliphatic carbocycles. The summed E-state index contributed by atoms with van der Waals surface area (Å²) >= 11 is 0. The van der Waals surface area contributed by atoms with Crippen molar-refractivity contribution in [2.45, 2.75) is 0 Å². The van der Waals surface area contributed by atoms with E-state index in [-0.39, 0.29) is 10.1 Å². The molecular weight excluding hydrogens is 105 g/mol. The molecule has 4 nitrogen and oxygen atoms in total. The summed E-state index contributed by atoms with van der Waals surface area (Å²) in [5, 5.41) is 0. The van der Waals surface area contributed by atoms with Crippen molar-refractivity contribution < 1.29 is 17.5 Å². The fourth-order valence-corrected chi connectivity index (χ4v) is 0. The summed E-state index contributed by atoms with van der Waals surface area (Å²) in [5.74, 6) is 0. The van der Waals surface area contributed by atoms with Gasteiger partial charge in [-0.1, -0.05) is 0 Å². The summed E-state index contributed by atoms with van der Waals surface area (Å²) in [7, 11) is -5.17. The Kier molecular flexibility index (Phi) is 3.53. The molecule has 0 spiro atoms. The molecule has 0 saturated carbocycles. The van der Waals surface area contributed by atoms with Crippen LogP contribution in [0.2, 0.25) is 0 Å². The van der Waals surface area contributed by atoms with Crippen LogP contribution in [-0.2, 0) is 10.4 Å². The smallest absolute Gasteiger partial charge is 0.0311 e. The fraction of sp³-hybridized carbons (Fsp3) is 0. The fourth-order valence-electron chi connectivity index (χ4n) is 0. The van der Waals surface area contributed by atoms with Gasteiger partial charge in [0.2, 0.25) is 0 Å². The van der Waals surface area contributed by atoms with Crippen LogP contribution in [0.25, 0.3) is 0 Å². The second-order valence-corrected chi connectivity index (χ2v) is 1.22. The van der Waals surface area contributed by atoms with E-state index in [9.17, 15) is 0 Å². The first-order valence-electron chi connectivity index (χ1n) is 0.667. The molecule has 0 saturated heterocycles. The topological polar surface area (TPSA) is 80.3 Å². The van der Waals surface area contributed by atoms with Crippen molar-refractivity contribution >= 4 is 20.5 Å². The van der Waals surface area contributed by atoms with Crippen molar-refractivity contribution in [1.82, 2.24) is 0 Å². The van der Waals surface area contributed by atoms with E-state index in [4.69, 9.17) is 17.5 Å². The van der Waals surface area contributed by atoms with E-state index in [2.05, 4.69) is 0 Å². The third-order valence-electron chi connectivity index (χ3n) is 0. The van der Waals surface area contributed by atoms with Crippen LogP contribution in [0.3, 0.4) is 0 Å². The molecule has 0 fully saturated rings. The molecule has 0 unspecified atom stereocenters. The Morgan fingerprint density at radius 3 is 1.17 bits per heavy atom. The van der Waals surface area contributed by atoms with E-state index in [1.54, 1.807) is 0 Å². The first-order chi connectivity index (χ1) is 2.00. The molecule has 0 aromatic heterocycles. The molecule has 6 heavy (non-hydrogen) atoms. The zero-order chi connectivity index (χ0) is 4.50. The van der Waals surface area contributed by atoms with Gasteiger partial charge in [0.1, 0.15) is 0 Å². The van der Waals surface area contributed by atoms with E-state index in [1.165, 1.54) is 0 Å². The number of rotatable bonds is 0. The minimum Gasteiger partial charge on any atom is -0.759 e. The Morgan fingerprint density at radius 2 is 1.17 bits per heavy atom. The molecule has 0 N–H and O–H groups in total. The molecule has 0 atom stereocenters. The predicted molar refractivity (Wildman–Crippen MR) is 16.2 cm³/mol. The van der Waals surface area contributed by atoms with Crippen molar-refractivity contribution in [2.75, 3.05) is 0 Å². The van der Waals surface area contributed by atoms with Crippen LogP contribution in [0.15, 0.2) is 0 Å². The molecule has 34 valence electrons. The second-order valence-electron chi connectivity index (χ2n) is 0.408. The van der Waals surface area contributed by atoms with Gasteiger partial charge in [-0.15, -0.1) is 0 Å². The van der Waals surface area contributed by atoms with Crippen LogP contribution in [0, 0.1) is 0 Å². The SMILES string of the molecule is O=S(=O)([O-])[O-].[Be]. The van der Waals surface area contributed by atoms with Gasteiger partial charge >= 0.3 is 0 Å². The van der Waals surface area contributed by atoms with Gasteiger partial charge in [-0.25, -0.2) is 0 Å². The van der Waals surface area contributed by atoms with E-state index in [0.29, 0.717) is 0 Å². The van der Waals surface area contributed by atoms with Crippen LogP contribution in [0.5, 0.6) is 0 Å². The molecule has 2 radical (unpaired) electrons. The van der Waals surface area contributed by atoms with Crippen molar-refractivity contribution in [3.8, 4) is 0 Å². The van der Waals surface area contributed by atoms with E-state index >= 15 is 0 Å². The summed E-state index contributed by atoms with van der Waals surface area (Å²) in [5.41, 5.74) is 0. The third-order valence-corrected chi connectivity index (χ3v) is 0. The molecule has 0 aliphatic heterocycles. The van der Waals surface area contributed by atoms with Gasteiger partial charge < -0.3 is 9.11 Å². The summed E-state index contributed by atoms with van der Waals surface area (Å²) in [6.45, 7) is 0. The Labute approximate surface area is 39.0 Å². The molecule has 0 aromatic rings. The largest absolute Gasteiger partial charge is 0.759 e. The first-order valence-corrected chi connectivity index (χ1v) is 2.00. The minimum atomic E-state index is -5.17. The molecule has 0 heterocycles. The third kappa shape index (κ3) is 24700. The maximum absolute atomic E-state index is 8.52. The molecule has 0 aliphatic rings. The summed E-state index contributed by atoms with van der Waals surface area (Å²) in [6, 6.07) is 0. The van der Waals surface area contributed by atoms with Crippen molar-refractivity contribution in [2.24, 2.45) is 0 Å². The average Bonchev–Trinajstić information content (AvgIpc) is 0.722. The van der Waals surface area contributed by atoms with Gasteiger partial charge in [-0.2, -0.15) is 0 Å². The average molecular weight is 105 g/mol. The van der Waals surface area contributed by atoms with Gasteiger partial charge in [0.15, 0.2) is 0 Å². The maximum Gasteiger partial charge on any atom is 0.0311 e. The van der Waals surface area contributed by atoms with Crippen LogP contribution < -0.4 is 0 Å². The number of hydrogen-bond donors (Lipinski definition) is 0. The molecule has 0 rings (SSSR count). The first kappa shape index (κ1) is 9.40. The quantitative estimate of drug-likeness (QED) is 0.208. The Hall–Kier alpha value is 0.0388. The maximum atomic E-state index is 8.52. The second kappa shape index (κ2) is 2.25. The van der Waals surface area contributed by atoms with Gasteiger partial charge in [0.05, 0.1) is 0 Å². The standard InChI is InChI=1S/Be.H2O4S/c;1-5(2,3)4/h;(H2,1,2,3,4)/p-2. The summed E-state index contributed by atoms with van der Waals surface area (Å²) in [4.78, 5) is 0. The monoisotopic (exact) mass is 105 g/mol. The molecule has 0 amide bonds. The van der Waals surface area contributed by atoms with Crippen LogP contribution in [0.1, 0.15) is 0 Å². The Bertz CT molecular complexity index is 90.7. The molecule has 0 aromatic carbocycles. The van der Waals surface area contributed by atoms with Crippen LogP contribution in [0.4, 0.5) is 0 Å². The van der Waals surface area contributed by atoms with Gasteiger partial charge in [0, 0.05) is 20.5 Å². The van der Waals surface area contributed by atoms with Crippen LogP contribution >= 0.6 is 0 Å². The van der Waals surface area contributed by atoms with Crippen LogP contribution in [-0.4, -0.2) is 27.6 Å². The predicted octanol–water partition coefficient (Wildman–Crippen LogP) is -1.72. The van der Waals surface area contributed by atoms with Gasteiger partial charge in [-0.05, 0) is 0 Å². The summed E-state index contributed by atoms with van der Waals surface area (Å²) in [6.07, 6.45) is 0. The summed E-state index contributed by atoms with van der Waals surface area (Å²) < 4.78 is 34.1. The van der Waals surface area contributed by atoms with Crippen molar-refractivity contribution in [3.05, 3.63) is 0 Å². The molecule has 6 heteroatoms. The Balaban J connectivity index is 0. The molecular formula is BeO4S-2. The zero-order valence-corrected chi connectivity index (χ0v) is 3.56. The molecule has 0 bridgehead atoms. The minimum absolute atomic E-state index is 0. The van der Waals surface area contributed by atoms with Gasteiger partial charge in [0.25, 0.3) is 0 Å². The van der Waals surface area contributed by atoms with E-state index in [0.717, 1.165) is 0 Å². The number of hydrogen-bond acceptors (Lipinski definition) is 4. The van der Waals surface area contributed by atoms with Gasteiger partial charge in [-0.3, -0.25) is 8.42 Å². The normalized spacial score (nSPS) is 9.67. The zero-order valence-electron chi connectivity index (χ0n) is 2.75. The Morgan fingerprint density at radius 1 is 1.17 bits per heavy atom. The van der Waals surface area contributed by atoms with E-state index < -0.39 is 10.4 Å². The van der Waals surface area contributed by atoms with Crippen molar-refractivity contribution in [3.63, 3.8) is 0 Å². The van der Waals surface area contributed by atoms with E-state index in [1.807, 2.05) is 0 Å². The van der Waals surface area contributed by atoms with Crippen molar-refractivity contribution in [1.29, 1.82) is 0 Å².